The molecule has 0 bridgehead atoms. The Labute approximate surface area is 140 Å². The first kappa shape index (κ1) is 16.5. The number of hydrogen-bond acceptors (Lipinski definition) is 5. The zero-order valence-electron chi connectivity index (χ0n) is 11.3. The van der Waals surface area contributed by atoms with E-state index in [0.29, 0.717) is 9.32 Å². The summed E-state index contributed by atoms with van der Waals surface area (Å²) in [7, 11) is -2.34. The van der Waals surface area contributed by atoms with Crippen LogP contribution in [0.25, 0.3) is 0 Å². The highest BCUT2D eigenvalue weighted by atomic mass is 127. The van der Waals surface area contributed by atoms with Crippen molar-refractivity contribution in [2.45, 2.75) is 4.90 Å². The number of ether oxygens (including phenoxy) is 1. The molecule has 0 amide bonds. The summed E-state index contributed by atoms with van der Waals surface area (Å²) in [4.78, 5) is 10.2. The zero-order valence-corrected chi connectivity index (χ0v) is 14.3. The van der Waals surface area contributed by atoms with Crippen molar-refractivity contribution in [1.29, 1.82) is 0 Å². The van der Waals surface area contributed by atoms with Crippen LogP contribution in [0.1, 0.15) is 0 Å². The fourth-order valence-electron chi connectivity index (χ4n) is 1.71. The summed E-state index contributed by atoms with van der Waals surface area (Å²) in [6.07, 6.45) is 0. The van der Waals surface area contributed by atoms with Crippen LogP contribution in [0.3, 0.4) is 0 Å². The van der Waals surface area contributed by atoms with E-state index in [1.165, 1.54) is 37.4 Å². The van der Waals surface area contributed by atoms with Gasteiger partial charge in [0.25, 0.3) is 15.7 Å². The van der Waals surface area contributed by atoms with Gasteiger partial charge in [-0.2, -0.15) is 0 Å². The Balaban J connectivity index is 2.33. The van der Waals surface area contributed by atoms with E-state index in [2.05, 4.69) is 4.72 Å². The van der Waals surface area contributed by atoms with Crippen molar-refractivity contribution in [3.63, 3.8) is 0 Å². The number of nitro benzene ring substituents is 1. The minimum atomic E-state index is -3.84. The predicted molar refractivity (Wildman–Crippen MR) is 89.6 cm³/mol. The highest BCUT2D eigenvalue weighted by Crippen LogP contribution is 2.26. The minimum Gasteiger partial charge on any atom is -0.496 e. The molecule has 116 valence electrons. The molecular weight excluding hydrogens is 423 g/mol. The highest BCUT2D eigenvalue weighted by Gasteiger charge is 2.17. The number of nitro groups is 1. The van der Waals surface area contributed by atoms with Gasteiger partial charge >= 0.3 is 0 Å². The van der Waals surface area contributed by atoms with Crippen LogP contribution in [0, 0.1) is 13.7 Å². The van der Waals surface area contributed by atoms with Gasteiger partial charge in [-0.25, -0.2) is 8.42 Å². The van der Waals surface area contributed by atoms with E-state index in [9.17, 15) is 18.5 Å². The summed E-state index contributed by atoms with van der Waals surface area (Å²) in [6, 6.07) is 9.70. The standard InChI is InChI=1S/C13H11IN2O5S/c1-21-13-6-5-11(8-12(13)14)22(19,20)15-9-3-2-4-10(7-9)16(17)18/h2-8,15H,1H3. The molecule has 9 heteroatoms. The molecule has 2 aromatic rings. The van der Waals surface area contributed by atoms with Gasteiger partial charge < -0.3 is 4.74 Å². The molecule has 0 saturated heterocycles. The maximum atomic E-state index is 12.3. The quantitative estimate of drug-likeness (QED) is 0.443. The van der Waals surface area contributed by atoms with Crippen LogP contribution < -0.4 is 9.46 Å². The summed E-state index contributed by atoms with van der Waals surface area (Å²) in [5.41, 5.74) is -0.0652. The van der Waals surface area contributed by atoms with Gasteiger partial charge in [0.15, 0.2) is 0 Å². The van der Waals surface area contributed by atoms with Gasteiger partial charge in [0.2, 0.25) is 0 Å². The number of hydrogen-bond donors (Lipinski definition) is 1. The van der Waals surface area contributed by atoms with E-state index in [0.717, 1.165) is 6.07 Å². The maximum absolute atomic E-state index is 12.3. The molecule has 0 radical (unpaired) electrons. The summed E-state index contributed by atoms with van der Waals surface area (Å²) in [5.74, 6) is 0.565. The van der Waals surface area contributed by atoms with Crippen LogP contribution in [-0.4, -0.2) is 20.5 Å². The lowest BCUT2D eigenvalue weighted by atomic mass is 10.3. The van der Waals surface area contributed by atoms with Gasteiger partial charge in [-0.1, -0.05) is 6.07 Å². The molecule has 2 rings (SSSR count). The maximum Gasteiger partial charge on any atom is 0.271 e. The number of anilines is 1. The first-order valence-electron chi connectivity index (χ1n) is 5.94. The Hall–Kier alpha value is -1.88. The average molecular weight is 434 g/mol. The minimum absolute atomic E-state index is 0.0456. The van der Waals surface area contributed by atoms with Crippen molar-refractivity contribution in [2.75, 3.05) is 11.8 Å². The van der Waals surface area contributed by atoms with E-state index in [4.69, 9.17) is 4.74 Å². The van der Waals surface area contributed by atoms with E-state index >= 15 is 0 Å². The van der Waals surface area contributed by atoms with Gasteiger partial charge in [-0.15, -0.1) is 0 Å². The van der Waals surface area contributed by atoms with Crippen molar-refractivity contribution < 1.29 is 18.1 Å². The van der Waals surface area contributed by atoms with Gasteiger partial charge in [-0.05, 0) is 46.9 Å². The molecule has 0 heterocycles. The fraction of sp³-hybridized carbons (Fsp3) is 0.0769. The van der Waals surface area contributed by atoms with E-state index in [1.807, 2.05) is 22.6 Å². The Morgan fingerprint density at radius 1 is 1.23 bits per heavy atom. The lowest BCUT2D eigenvalue weighted by molar-refractivity contribution is -0.384. The predicted octanol–water partition coefficient (Wildman–Crippen LogP) is 3.01. The molecule has 0 aliphatic carbocycles. The molecule has 0 unspecified atom stereocenters. The number of methoxy groups -OCH3 is 1. The van der Waals surface area contributed by atoms with Crippen molar-refractivity contribution in [2.24, 2.45) is 0 Å². The van der Waals surface area contributed by atoms with E-state index < -0.39 is 14.9 Å². The third kappa shape index (κ3) is 3.65. The molecular formula is C13H11IN2O5S. The Bertz CT molecular complexity index is 823. The number of nitrogens with one attached hydrogen (secondary N) is 1. The number of nitrogens with zero attached hydrogens (tertiary/aromatic N) is 1. The lowest BCUT2D eigenvalue weighted by Gasteiger charge is -2.10. The van der Waals surface area contributed by atoms with Crippen LogP contribution in [0.5, 0.6) is 5.75 Å². The molecule has 0 spiro atoms. The first-order valence-corrected chi connectivity index (χ1v) is 8.50. The van der Waals surface area contributed by atoms with Crippen molar-refractivity contribution in [3.05, 3.63) is 56.1 Å². The SMILES string of the molecule is COc1ccc(S(=O)(=O)Nc2cccc([N+](=O)[O-])c2)cc1I. The number of benzene rings is 2. The molecule has 0 aliphatic rings. The molecule has 7 nitrogen and oxygen atoms in total. The number of halogens is 1. The lowest BCUT2D eigenvalue weighted by Crippen LogP contribution is -2.13. The normalized spacial score (nSPS) is 11.0. The van der Waals surface area contributed by atoms with E-state index in [-0.39, 0.29) is 16.3 Å². The highest BCUT2D eigenvalue weighted by molar-refractivity contribution is 14.1. The molecule has 0 saturated carbocycles. The van der Waals surface area contributed by atoms with Crippen LogP contribution in [0.15, 0.2) is 47.4 Å². The second-order valence-corrected chi connectivity index (χ2v) is 7.05. The molecule has 2 aromatic carbocycles. The number of rotatable bonds is 5. The summed E-state index contributed by atoms with van der Waals surface area (Å²) in [6.45, 7) is 0. The zero-order chi connectivity index (χ0) is 16.3. The average Bonchev–Trinajstić information content (AvgIpc) is 2.47. The smallest absolute Gasteiger partial charge is 0.271 e. The molecule has 1 N–H and O–H groups in total. The largest absolute Gasteiger partial charge is 0.496 e. The van der Waals surface area contributed by atoms with Crippen LogP contribution in [-0.2, 0) is 10.0 Å². The molecule has 0 fully saturated rings. The summed E-state index contributed by atoms with van der Waals surface area (Å²) < 4.78 is 32.7. The Morgan fingerprint density at radius 2 is 1.95 bits per heavy atom. The van der Waals surface area contributed by atoms with E-state index in [1.54, 1.807) is 6.07 Å². The molecule has 0 atom stereocenters. The Morgan fingerprint density at radius 3 is 2.55 bits per heavy atom. The topological polar surface area (TPSA) is 98.5 Å². The van der Waals surface area contributed by atoms with Crippen LogP contribution in [0.4, 0.5) is 11.4 Å². The van der Waals surface area contributed by atoms with Gasteiger partial charge in [0.05, 0.1) is 26.2 Å². The van der Waals surface area contributed by atoms with Crippen LogP contribution in [0.2, 0.25) is 0 Å². The second-order valence-electron chi connectivity index (χ2n) is 4.21. The van der Waals surface area contributed by atoms with Crippen LogP contribution >= 0.6 is 22.6 Å². The van der Waals surface area contributed by atoms with Crippen molar-refractivity contribution in [1.82, 2.24) is 0 Å². The summed E-state index contributed by atoms with van der Waals surface area (Å²) in [5, 5.41) is 10.7. The third-order valence-electron chi connectivity index (χ3n) is 2.74. The first-order chi connectivity index (χ1) is 10.3. The third-order valence-corrected chi connectivity index (χ3v) is 4.96. The van der Waals surface area contributed by atoms with Gasteiger partial charge in [0, 0.05) is 12.1 Å². The molecule has 22 heavy (non-hydrogen) atoms. The molecule has 0 aliphatic heterocycles. The number of sulfonamides is 1. The molecule has 0 aromatic heterocycles. The number of non-ortho nitro benzene ring substituents is 1. The van der Waals surface area contributed by atoms with Gasteiger partial charge in [0.1, 0.15) is 5.75 Å². The van der Waals surface area contributed by atoms with Crippen molar-refractivity contribution in [3.8, 4) is 5.75 Å². The summed E-state index contributed by atoms with van der Waals surface area (Å²) >= 11 is 1.96. The monoisotopic (exact) mass is 434 g/mol. The Kier molecular flexibility index (Phi) is 4.86. The van der Waals surface area contributed by atoms with Gasteiger partial charge in [-0.3, -0.25) is 14.8 Å². The fourth-order valence-corrected chi connectivity index (χ4v) is 3.73. The second kappa shape index (κ2) is 6.48. The van der Waals surface area contributed by atoms with Crippen molar-refractivity contribution >= 4 is 44.0 Å².